The summed E-state index contributed by atoms with van der Waals surface area (Å²) in [5, 5.41) is 31.6. The van der Waals surface area contributed by atoms with Crippen molar-refractivity contribution >= 4 is 28.9 Å². The molecule has 1 amide bonds. The highest BCUT2D eigenvalue weighted by Crippen LogP contribution is 2.28. The van der Waals surface area contributed by atoms with E-state index >= 15 is 0 Å². The number of nitro benzene ring substituents is 2. The van der Waals surface area contributed by atoms with Gasteiger partial charge in [0, 0.05) is 18.2 Å². The average Bonchev–Trinajstić information content (AvgIpc) is 2.36. The van der Waals surface area contributed by atoms with E-state index in [1.165, 1.54) is 0 Å². The minimum atomic E-state index is -1.36. The van der Waals surface area contributed by atoms with E-state index in [0.717, 1.165) is 12.1 Å². The fourth-order valence-electron chi connectivity index (χ4n) is 1.21. The van der Waals surface area contributed by atoms with E-state index < -0.39 is 33.1 Å². The van der Waals surface area contributed by atoms with Crippen LogP contribution in [0.1, 0.15) is 0 Å². The third-order valence-electron chi connectivity index (χ3n) is 2.02. The SMILES string of the molecule is O=C(O)C=CC(=O)Nc1ccc([N+](=O)[O-])cc1[N+](=O)[O-]. The fourth-order valence-corrected chi connectivity index (χ4v) is 1.21. The zero-order valence-corrected chi connectivity index (χ0v) is 9.68. The minimum absolute atomic E-state index is 0.277. The lowest BCUT2D eigenvalue weighted by atomic mass is 10.2. The van der Waals surface area contributed by atoms with E-state index in [4.69, 9.17) is 5.11 Å². The number of aliphatic carboxylic acids is 1. The van der Waals surface area contributed by atoms with Crippen LogP contribution in [0.2, 0.25) is 0 Å². The Balaban J connectivity index is 3.06. The van der Waals surface area contributed by atoms with Crippen molar-refractivity contribution in [3.63, 3.8) is 0 Å². The van der Waals surface area contributed by atoms with Gasteiger partial charge in [-0.25, -0.2) is 4.79 Å². The molecule has 0 atom stereocenters. The highest BCUT2D eigenvalue weighted by atomic mass is 16.6. The third-order valence-corrected chi connectivity index (χ3v) is 2.02. The van der Waals surface area contributed by atoms with Gasteiger partial charge in [0.25, 0.3) is 11.4 Å². The molecule has 0 aliphatic rings. The number of hydrogen-bond donors (Lipinski definition) is 2. The smallest absolute Gasteiger partial charge is 0.328 e. The van der Waals surface area contributed by atoms with Gasteiger partial charge in [0.15, 0.2) is 0 Å². The third kappa shape index (κ3) is 3.87. The maximum atomic E-state index is 11.3. The molecule has 0 saturated heterocycles. The normalized spacial score (nSPS) is 10.2. The van der Waals surface area contributed by atoms with E-state index in [-0.39, 0.29) is 5.69 Å². The molecule has 2 N–H and O–H groups in total. The number of non-ortho nitro benzene ring substituents is 1. The number of carboxylic acids is 1. The monoisotopic (exact) mass is 281 g/mol. The van der Waals surface area contributed by atoms with Gasteiger partial charge < -0.3 is 10.4 Å². The Morgan fingerprint density at radius 3 is 2.30 bits per heavy atom. The Morgan fingerprint density at radius 1 is 1.15 bits per heavy atom. The first-order chi connectivity index (χ1) is 9.31. The molecule has 0 unspecified atom stereocenters. The van der Waals surface area contributed by atoms with Crippen LogP contribution in [-0.4, -0.2) is 26.8 Å². The fraction of sp³-hybridized carbons (Fsp3) is 0. The maximum Gasteiger partial charge on any atom is 0.328 e. The lowest BCUT2D eigenvalue weighted by Crippen LogP contribution is -2.10. The Labute approximate surface area is 110 Å². The first kappa shape index (κ1) is 14.8. The van der Waals surface area contributed by atoms with Crippen LogP contribution in [0.15, 0.2) is 30.4 Å². The average molecular weight is 281 g/mol. The number of rotatable bonds is 5. The number of carboxylic acid groups (broad SMARTS) is 1. The Bertz CT molecular complexity index is 623. The van der Waals surface area contributed by atoms with Crippen molar-refractivity contribution in [3.8, 4) is 0 Å². The van der Waals surface area contributed by atoms with Crippen molar-refractivity contribution in [3.05, 3.63) is 50.6 Å². The summed E-state index contributed by atoms with van der Waals surface area (Å²) < 4.78 is 0. The van der Waals surface area contributed by atoms with Gasteiger partial charge in [-0.05, 0) is 6.07 Å². The van der Waals surface area contributed by atoms with Crippen LogP contribution >= 0.6 is 0 Å². The molecule has 0 saturated carbocycles. The predicted molar refractivity (Wildman–Crippen MR) is 65.2 cm³/mol. The van der Waals surface area contributed by atoms with Gasteiger partial charge in [0.2, 0.25) is 5.91 Å². The van der Waals surface area contributed by atoms with Gasteiger partial charge >= 0.3 is 5.97 Å². The molecule has 0 spiro atoms. The van der Waals surface area contributed by atoms with Crippen LogP contribution in [-0.2, 0) is 9.59 Å². The van der Waals surface area contributed by atoms with Crippen LogP contribution in [0, 0.1) is 20.2 Å². The lowest BCUT2D eigenvalue weighted by molar-refractivity contribution is -0.393. The number of benzene rings is 1. The molecular formula is C10H7N3O7. The van der Waals surface area contributed by atoms with Crippen molar-refractivity contribution in [2.75, 3.05) is 5.32 Å². The highest BCUT2D eigenvalue weighted by molar-refractivity contribution is 6.03. The quantitative estimate of drug-likeness (QED) is 0.465. The molecule has 0 radical (unpaired) electrons. The van der Waals surface area contributed by atoms with Crippen molar-refractivity contribution in [1.29, 1.82) is 0 Å². The number of carbonyl (C=O) groups is 2. The van der Waals surface area contributed by atoms with E-state index in [9.17, 15) is 29.8 Å². The molecule has 20 heavy (non-hydrogen) atoms. The van der Waals surface area contributed by atoms with Gasteiger partial charge in [-0.2, -0.15) is 0 Å². The molecule has 0 aliphatic heterocycles. The molecule has 1 aromatic rings. The van der Waals surface area contributed by atoms with Crippen molar-refractivity contribution in [1.82, 2.24) is 0 Å². The van der Waals surface area contributed by atoms with E-state index in [2.05, 4.69) is 5.32 Å². The summed E-state index contributed by atoms with van der Waals surface area (Å²) in [5.41, 5.74) is -1.45. The Morgan fingerprint density at radius 2 is 1.80 bits per heavy atom. The molecule has 1 rings (SSSR count). The first-order valence-electron chi connectivity index (χ1n) is 4.96. The molecule has 0 bridgehead atoms. The Kier molecular flexibility index (Phi) is 4.46. The first-order valence-corrected chi connectivity index (χ1v) is 4.96. The van der Waals surface area contributed by atoms with Gasteiger partial charge in [0.05, 0.1) is 15.9 Å². The van der Waals surface area contributed by atoms with Crippen LogP contribution < -0.4 is 5.32 Å². The zero-order chi connectivity index (χ0) is 15.3. The Hall–Kier alpha value is -3.30. The number of nitro groups is 2. The lowest BCUT2D eigenvalue weighted by Gasteiger charge is -2.03. The zero-order valence-electron chi connectivity index (χ0n) is 9.68. The highest BCUT2D eigenvalue weighted by Gasteiger charge is 2.20. The summed E-state index contributed by atoms with van der Waals surface area (Å²) in [6.07, 6.45) is 1.21. The number of hydrogen-bond acceptors (Lipinski definition) is 6. The molecule has 0 heterocycles. The summed E-state index contributed by atoms with van der Waals surface area (Å²) in [7, 11) is 0. The molecule has 0 fully saturated rings. The molecule has 0 aromatic heterocycles. The number of nitrogens with one attached hydrogen (secondary N) is 1. The van der Waals surface area contributed by atoms with Crippen molar-refractivity contribution in [2.45, 2.75) is 0 Å². The standard InChI is InChI=1S/C10H7N3O7/c14-9(3-4-10(15)16)11-7-2-1-6(12(17)18)5-8(7)13(19)20/h1-5H,(H,11,14)(H,15,16). The molecule has 10 heteroatoms. The number of carbonyl (C=O) groups excluding carboxylic acids is 1. The summed E-state index contributed by atoms with van der Waals surface area (Å²) in [6, 6.07) is 2.66. The summed E-state index contributed by atoms with van der Waals surface area (Å²) >= 11 is 0. The second kappa shape index (κ2) is 6.04. The molecular weight excluding hydrogens is 274 g/mol. The number of anilines is 1. The van der Waals surface area contributed by atoms with E-state index in [0.29, 0.717) is 18.2 Å². The summed E-state index contributed by atoms with van der Waals surface area (Å²) in [6.45, 7) is 0. The molecule has 104 valence electrons. The number of nitrogens with zero attached hydrogens (tertiary/aromatic N) is 2. The van der Waals surface area contributed by atoms with Crippen LogP contribution in [0.25, 0.3) is 0 Å². The van der Waals surface area contributed by atoms with Gasteiger partial charge in [-0.3, -0.25) is 25.0 Å². The molecule has 0 aliphatic carbocycles. The second-order valence-electron chi connectivity index (χ2n) is 3.38. The maximum absolute atomic E-state index is 11.3. The van der Waals surface area contributed by atoms with Crippen molar-refractivity contribution < 1.29 is 24.5 Å². The van der Waals surface area contributed by atoms with Gasteiger partial charge in [-0.15, -0.1) is 0 Å². The predicted octanol–water partition coefficient (Wildman–Crippen LogP) is 1.08. The number of amides is 1. The minimum Gasteiger partial charge on any atom is -0.478 e. The van der Waals surface area contributed by atoms with Crippen molar-refractivity contribution in [2.24, 2.45) is 0 Å². The summed E-state index contributed by atoms with van der Waals surface area (Å²) in [5.74, 6) is -2.28. The second-order valence-corrected chi connectivity index (χ2v) is 3.38. The largest absolute Gasteiger partial charge is 0.478 e. The van der Waals surface area contributed by atoms with Crippen LogP contribution in [0.5, 0.6) is 0 Å². The molecule has 1 aromatic carbocycles. The van der Waals surface area contributed by atoms with Gasteiger partial charge in [-0.1, -0.05) is 0 Å². The molecule has 10 nitrogen and oxygen atoms in total. The summed E-state index contributed by atoms with van der Waals surface area (Å²) in [4.78, 5) is 41.0. The van der Waals surface area contributed by atoms with Crippen LogP contribution in [0.4, 0.5) is 17.1 Å². The van der Waals surface area contributed by atoms with E-state index in [1.54, 1.807) is 0 Å². The van der Waals surface area contributed by atoms with Gasteiger partial charge in [0.1, 0.15) is 5.69 Å². The topological polar surface area (TPSA) is 153 Å². The van der Waals surface area contributed by atoms with E-state index in [1.807, 2.05) is 0 Å². The van der Waals surface area contributed by atoms with Crippen LogP contribution in [0.3, 0.4) is 0 Å².